The van der Waals surface area contributed by atoms with E-state index >= 15 is 0 Å². The van der Waals surface area contributed by atoms with Crippen LogP contribution in [0.5, 0.6) is 11.5 Å². The molecular formula is C21H26O6. The maximum atomic E-state index is 12.2. The van der Waals surface area contributed by atoms with Gasteiger partial charge in [0.1, 0.15) is 29.3 Å². The molecule has 0 spiro atoms. The van der Waals surface area contributed by atoms with Crippen molar-refractivity contribution in [3.63, 3.8) is 0 Å². The first-order valence-corrected chi connectivity index (χ1v) is 9.49. The number of hydrogen-bond acceptors (Lipinski definition) is 6. The first-order chi connectivity index (χ1) is 12.8. The summed E-state index contributed by atoms with van der Waals surface area (Å²) in [5, 5.41) is 10.0. The minimum absolute atomic E-state index is 0.0692. The predicted molar refractivity (Wildman–Crippen MR) is 98.0 cm³/mol. The van der Waals surface area contributed by atoms with Gasteiger partial charge in [0, 0.05) is 12.5 Å². The van der Waals surface area contributed by atoms with Crippen molar-refractivity contribution in [2.24, 2.45) is 5.92 Å². The minimum Gasteiger partial charge on any atom is -0.507 e. The Bertz CT molecular complexity index is 744. The van der Waals surface area contributed by atoms with Gasteiger partial charge in [0.05, 0.1) is 12.7 Å². The van der Waals surface area contributed by atoms with E-state index in [1.807, 2.05) is 0 Å². The second kappa shape index (κ2) is 7.71. The molecule has 1 heterocycles. The number of hydrogen-bond donors (Lipinski definition) is 1. The molecule has 146 valence electrons. The molecule has 1 N–H and O–H groups in total. The summed E-state index contributed by atoms with van der Waals surface area (Å²) in [6.45, 7) is 1.40. The quantitative estimate of drug-likeness (QED) is 0.466. The lowest BCUT2D eigenvalue weighted by molar-refractivity contribution is -0.178. The third-order valence-electron chi connectivity index (χ3n) is 5.85. The Morgan fingerprint density at radius 2 is 2.00 bits per heavy atom. The van der Waals surface area contributed by atoms with E-state index < -0.39 is 11.6 Å². The summed E-state index contributed by atoms with van der Waals surface area (Å²) in [5.74, 6) is -0.205. The molecule has 0 amide bonds. The highest BCUT2D eigenvalue weighted by atomic mass is 16.6. The number of esters is 1. The number of cyclic esters (lactones) is 1. The third-order valence-corrected chi connectivity index (χ3v) is 5.85. The number of methoxy groups -OCH3 is 1. The fraction of sp³-hybridized carbons (Fsp3) is 0.571. The Balaban J connectivity index is 1.89. The van der Waals surface area contributed by atoms with E-state index in [1.54, 1.807) is 6.07 Å². The third kappa shape index (κ3) is 3.99. The first kappa shape index (κ1) is 19.4. The Hall–Kier alpha value is -2.37. The van der Waals surface area contributed by atoms with Crippen molar-refractivity contribution in [3.8, 4) is 11.5 Å². The molecule has 6 heteroatoms. The minimum atomic E-state index is -0.776. The van der Waals surface area contributed by atoms with E-state index in [0.29, 0.717) is 18.6 Å². The summed E-state index contributed by atoms with van der Waals surface area (Å²) in [7, 11) is 1.50. The second-order valence-electron chi connectivity index (χ2n) is 7.65. The van der Waals surface area contributed by atoms with Crippen LogP contribution >= 0.6 is 0 Å². The summed E-state index contributed by atoms with van der Waals surface area (Å²) < 4.78 is 11.2. The number of rotatable bonds is 6. The number of phenolic OH excluding ortho intramolecular Hbond substituents is 1. The van der Waals surface area contributed by atoms with Crippen LogP contribution in [0.4, 0.5) is 0 Å². The highest BCUT2D eigenvalue weighted by Gasteiger charge is 2.47. The van der Waals surface area contributed by atoms with Crippen molar-refractivity contribution in [2.45, 2.75) is 63.9 Å². The predicted octanol–water partition coefficient (Wildman–Crippen LogP) is 3.37. The highest BCUT2D eigenvalue weighted by molar-refractivity contribution is 5.98. The molecule has 2 fully saturated rings. The molecule has 1 atom stereocenters. The van der Waals surface area contributed by atoms with E-state index in [2.05, 4.69) is 0 Å². The van der Waals surface area contributed by atoms with Crippen LogP contribution in [0.3, 0.4) is 0 Å². The van der Waals surface area contributed by atoms with Gasteiger partial charge in [-0.15, -0.1) is 0 Å². The zero-order valence-corrected chi connectivity index (χ0v) is 15.9. The maximum absolute atomic E-state index is 12.2. The van der Waals surface area contributed by atoms with E-state index in [4.69, 9.17) is 9.47 Å². The smallest absolute Gasteiger partial charge is 0.313 e. The largest absolute Gasteiger partial charge is 0.507 e. The first-order valence-electron chi connectivity index (χ1n) is 9.49. The normalized spacial score (nSPS) is 23.3. The van der Waals surface area contributed by atoms with Gasteiger partial charge in [0.2, 0.25) is 0 Å². The zero-order chi connectivity index (χ0) is 19.6. The Morgan fingerprint density at radius 3 is 2.59 bits per heavy atom. The monoisotopic (exact) mass is 374 g/mol. The van der Waals surface area contributed by atoms with E-state index in [0.717, 1.165) is 31.2 Å². The van der Waals surface area contributed by atoms with Crippen molar-refractivity contribution in [1.82, 2.24) is 0 Å². The van der Waals surface area contributed by atoms with Gasteiger partial charge in [-0.2, -0.15) is 0 Å². The van der Waals surface area contributed by atoms with E-state index in [-0.39, 0.29) is 41.6 Å². The Morgan fingerprint density at radius 1 is 1.30 bits per heavy atom. The number of aryl methyl sites for hydroxylation is 1. The van der Waals surface area contributed by atoms with Gasteiger partial charge in [-0.1, -0.05) is 12.8 Å². The number of carbonyl (C=O) groups excluding carboxylic acids is 3. The lowest BCUT2D eigenvalue weighted by Crippen LogP contribution is -2.48. The van der Waals surface area contributed by atoms with Crippen molar-refractivity contribution >= 4 is 17.5 Å². The van der Waals surface area contributed by atoms with Crippen LogP contribution in [0.2, 0.25) is 0 Å². The van der Waals surface area contributed by atoms with Crippen LogP contribution in [0.15, 0.2) is 12.1 Å². The molecule has 1 unspecified atom stereocenters. The van der Waals surface area contributed by atoms with Crippen LogP contribution in [0.25, 0.3) is 0 Å². The second-order valence-corrected chi connectivity index (χ2v) is 7.65. The van der Waals surface area contributed by atoms with Gasteiger partial charge in [0.15, 0.2) is 5.78 Å². The van der Waals surface area contributed by atoms with Gasteiger partial charge in [-0.05, 0) is 50.2 Å². The molecule has 6 nitrogen and oxygen atoms in total. The summed E-state index contributed by atoms with van der Waals surface area (Å²) in [6, 6.07) is 3.07. The summed E-state index contributed by atoms with van der Waals surface area (Å²) >= 11 is 0. The summed E-state index contributed by atoms with van der Waals surface area (Å²) in [4.78, 5) is 36.0. The number of ketones is 2. The van der Waals surface area contributed by atoms with Crippen molar-refractivity contribution in [1.29, 1.82) is 0 Å². The molecule has 1 aromatic rings. The Kier molecular flexibility index (Phi) is 5.53. The van der Waals surface area contributed by atoms with Gasteiger partial charge in [0.25, 0.3) is 0 Å². The molecule has 1 aromatic carbocycles. The molecule has 1 aliphatic carbocycles. The van der Waals surface area contributed by atoms with Crippen molar-refractivity contribution in [3.05, 3.63) is 23.3 Å². The van der Waals surface area contributed by atoms with Gasteiger partial charge in [-0.3, -0.25) is 14.4 Å². The molecule has 0 bridgehead atoms. The highest BCUT2D eigenvalue weighted by Crippen LogP contribution is 2.44. The van der Waals surface area contributed by atoms with Gasteiger partial charge >= 0.3 is 5.97 Å². The van der Waals surface area contributed by atoms with Crippen molar-refractivity contribution in [2.75, 3.05) is 7.11 Å². The summed E-state index contributed by atoms with van der Waals surface area (Å²) in [6.07, 6.45) is 5.14. The number of carbonyl (C=O) groups is 3. The average molecular weight is 374 g/mol. The van der Waals surface area contributed by atoms with Crippen LogP contribution in [0.1, 0.15) is 67.8 Å². The lowest BCUT2D eigenvalue weighted by atomic mass is 9.76. The van der Waals surface area contributed by atoms with E-state index in [1.165, 1.54) is 20.1 Å². The number of ether oxygens (including phenoxy) is 2. The molecule has 27 heavy (non-hydrogen) atoms. The van der Waals surface area contributed by atoms with Gasteiger partial charge in [-0.25, -0.2) is 0 Å². The average Bonchev–Trinajstić information content (AvgIpc) is 3.14. The van der Waals surface area contributed by atoms with Crippen molar-refractivity contribution < 1.29 is 29.0 Å². The maximum Gasteiger partial charge on any atom is 0.313 e. The van der Waals surface area contributed by atoms with Gasteiger partial charge < -0.3 is 14.6 Å². The van der Waals surface area contributed by atoms with Crippen LogP contribution in [-0.4, -0.2) is 35.4 Å². The standard InChI is InChI=1S/C21H26O6/c1-13(22)17-9-14(19(26-2)11-18(17)24)7-8-21(15-5-3-4-6-15)12-16(23)10-20(25)27-21/h9,11,15,24H,3-8,10,12H2,1-2H3. The SMILES string of the molecule is COc1cc(O)c(C(C)=O)cc1CCC1(C2CCCC2)CC(=O)CC(=O)O1. The molecule has 0 aromatic heterocycles. The number of Topliss-reactive ketones (excluding diaryl/α,β-unsaturated/α-hetero) is 2. The Labute approximate surface area is 158 Å². The van der Waals surface area contributed by atoms with E-state index in [9.17, 15) is 19.5 Å². The topological polar surface area (TPSA) is 89.9 Å². The molecule has 3 rings (SSSR count). The fourth-order valence-electron chi connectivity index (χ4n) is 4.51. The lowest BCUT2D eigenvalue weighted by Gasteiger charge is -2.41. The van der Waals surface area contributed by atoms with Crippen LogP contribution in [-0.2, 0) is 20.7 Å². The molecule has 1 aliphatic heterocycles. The summed E-state index contributed by atoms with van der Waals surface area (Å²) in [5.41, 5.74) is 0.215. The molecule has 1 saturated heterocycles. The number of aromatic hydroxyl groups is 1. The number of phenols is 1. The molecular weight excluding hydrogens is 348 g/mol. The molecule has 2 aliphatic rings. The molecule has 0 radical (unpaired) electrons. The fourth-order valence-corrected chi connectivity index (χ4v) is 4.51. The van der Waals surface area contributed by atoms with Crippen LogP contribution in [0, 0.1) is 5.92 Å². The zero-order valence-electron chi connectivity index (χ0n) is 15.9. The molecule has 1 saturated carbocycles. The number of benzene rings is 1. The van der Waals surface area contributed by atoms with Crippen LogP contribution < -0.4 is 4.74 Å².